The lowest BCUT2D eigenvalue weighted by Gasteiger charge is -2.09. The molecule has 21 heavy (non-hydrogen) atoms. The highest BCUT2D eigenvalue weighted by molar-refractivity contribution is 6.31. The molecule has 2 aromatic rings. The predicted molar refractivity (Wildman–Crippen MR) is 80.8 cm³/mol. The second-order valence-electron chi connectivity index (χ2n) is 4.60. The van der Waals surface area contributed by atoms with E-state index in [1.807, 2.05) is 0 Å². The lowest BCUT2D eigenvalue weighted by Crippen LogP contribution is -2.23. The Bertz CT molecular complexity index is 680. The molecule has 0 aliphatic carbocycles. The number of hydrogen-bond acceptors (Lipinski definition) is 2. The van der Waals surface area contributed by atoms with Crippen LogP contribution < -0.4 is 5.32 Å². The van der Waals surface area contributed by atoms with Crippen molar-refractivity contribution in [1.82, 2.24) is 5.32 Å². The van der Waals surface area contributed by atoms with Crippen molar-refractivity contribution >= 4 is 23.5 Å². The summed E-state index contributed by atoms with van der Waals surface area (Å²) >= 11 is 5.99. The van der Waals surface area contributed by atoms with Crippen LogP contribution >= 0.6 is 11.6 Å². The molecule has 2 N–H and O–H groups in total. The van der Waals surface area contributed by atoms with Crippen LogP contribution in [0.25, 0.3) is 0 Å². The second-order valence-corrected chi connectivity index (χ2v) is 5.00. The number of amides is 1. The fourth-order valence-corrected chi connectivity index (χ4v) is 2.07. The van der Waals surface area contributed by atoms with E-state index in [1.54, 1.807) is 37.3 Å². The Morgan fingerprint density at radius 1 is 1.14 bits per heavy atom. The van der Waals surface area contributed by atoms with E-state index in [0.717, 1.165) is 11.1 Å². The Kier molecular flexibility index (Phi) is 4.60. The normalized spacial score (nSPS) is 10.2. The van der Waals surface area contributed by atoms with Gasteiger partial charge >= 0.3 is 5.97 Å². The molecule has 0 aliphatic heterocycles. The van der Waals surface area contributed by atoms with E-state index in [0.29, 0.717) is 17.1 Å². The fourth-order valence-electron chi connectivity index (χ4n) is 1.90. The van der Waals surface area contributed by atoms with E-state index in [1.165, 1.54) is 12.1 Å². The molecular formula is C16H14ClNO3. The van der Waals surface area contributed by atoms with Gasteiger partial charge in [0.2, 0.25) is 0 Å². The Morgan fingerprint density at radius 3 is 2.43 bits per heavy atom. The van der Waals surface area contributed by atoms with Gasteiger partial charge in [-0.05, 0) is 42.3 Å². The van der Waals surface area contributed by atoms with Crippen LogP contribution in [0, 0.1) is 6.92 Å². The number of carbonyl (C=O) groups is 2. The first-order chi connectivity index (χ1) is 9.99. The van der Waals surface area contributed by atoms with Gasteiger partial charge in [0.1, 0.15) is 0 Å². The molecule has 0 spiro atoms. The number of halogens is 1. The highest BCUT2D eigenvalue weighted by Gasteiger charge is 2.10. The minimum Gasteiger partial charge on any atom is -0.478 e. The molecule has 0 atom stereocenters. The standard InChI is InChI=1S/C16H14ClNO3/c1-10-13(3-2-4-14(10)17)15(19)18-9-11-5-7-12(8-6-11)16(20)21/h2-8H,9H2,1H3,(H,18,19)(H,20,21). The number of hydrogen-bond donors (Lipinski definition) is 2. The molecule has 0 aliphatic rings. The van der Waals surface area contributed by atoms with E-state index < -0.39 is 5.97 Å². The van der Waals surface area contributed by atoms with Gasteiger partial charge in [0.05, 0.1) is 5.56 Å². The first-order valence-corrected chi connectivity index (χ1v) is 6.72. The zero-order valence-corrected chi connectivity index (χ0v) is 12.1. The molecule has 5 heteroatoms. The molecule has 0 aromatic heterocycles. The van der Waals surface area contributed by atoms with Crippen LogP contribution in [-0.2, 0) is 6.54 Å². The summed E-state index contributed by atoms with van der Waals surface area (Å²) in [6.07, 6.45) is 0. The molecule has 0 fully saturated rings. The van der Waals surface area contributed by atoms with E-state index in [-0.39, 0.29) is 11.5 Å². The average Bonchev–Trinajstić information content (AvgIpc) is 2.48. The molecule has 0 unspecified atom stereocenters. The van der Waals surface area contributed by atoms with Gasteiger partial charge in [-0.3, -0.25) is 4.79 Å². The van der Waals surface area contributed by atoms with Gasteiger partial charge in [0.15, 0.2) is 0 Å². The first kappa shape index (κ1) is 15.1. The van der Waals surface area contributed by atoms with Crippen molar-refractivity contribution < 1.29 is 14.7 Å². The fraction of sp³-hybridized carbons (Fsp3) is 0.125. The Hall–Kier alpha value is -2.33. The van der Waals surface area contributed by atoms with Crippen molar-refractivity contribution in [3.05, 3.63) is 69.7 Å². The smallest absolute Gasteiger partial charge is 0.335 e. The molecule has 1 amide bonds. The third-order valence-corrected chi connectivity index (χ3v) is 3.58. The van der Waals surface area contributed by atoms with Crippen LogP contribution in [0.5, 0.6) is 0 Å². The van der Waals surface area contributed by atoms with Crippen molar-refractivity contribution in [2.75, 3.05) is 0 Å². The zero-order chi connectivity index (χ0) is 15.4. The lowest BCUT2D eigenvalue weighted by atomic mass is 10.1. The molecule has 0 saturated heterocycles. The van der Waals surface area contributed by atoms with Crippen molar-refractivity contribution in [3.8, 4) is 0 Å². The molecule has 0 heterocycles. The Balaban J connectivity index is 2.04. The minimum absolute atomic E-state index is 0.211. The van der Waals surface area contributed by atoms with Gasteiger partial charge in [0.25, 0.3) is 5.91 Å². The summed E-state index contributed by atoms with van der Waals surface area (Å²) in [6.45, 7) is 2.11. The number of benzene rings is 2. The van der Waals surface area contributed by atoms with Crippen LogP contribution in [0.4, 0.5) is 0 Å². The third kappa shape index (κ3) is 3.61. The topological polar surface area (TPSA) is 66.4 Å². The quantitative estimate of drug-likeness (QED) is 0.911. The van der Waals surface area contributed by atoms with Gasteiger partial charge < -0.3 is 10.4 Å². The first-order valence-electron chi connectivity index (χ1n) is 6.34. The lowest BCUT2D eigenvalue weighted by molar-refractivity contribution is 0.0696. The van der Waals surface area contributed by atoms with Crippen LogP contribution in [0.1, 0.15) is 31.8 Å². The van der Waals surface area contributed by atoms with E-state index >= 15 is 0 Å². The maximum Gasteiger partial charge on any atom is 0.335 e. The van der Waals surface area contributed by atoms with Gasteiger partial charge in [-0.15, -0.1) is 0 Å². The Labute approximate surface area is 127 Å². The number of carboxylic acid groups (broad SMARTS) is 1. The molecular weight excluding hydrogens is 290 g/mol. The number of carbonyl (C=O) groups excluding carboxylic acids is 1. The molecule has 2 aromatic carbocycles. The van der Waals surface area contributed by atoms with Crippen molar-refractivity contribution in [3.63, 3.8) is 0 Å². The molecule has 0 saturated carbocycles. The predicted octanol–water partition coefficient (Wildman–Crippen LogP) is 3.28. The number of rotatable bonds is 4. The van der Waals surface area contributed by atoms with Crippen LogP contribution in [0.3, 0.4) is 0 Å². The molecule has 4 nitrogen and oxygen atoms in total. The van der Waals surface area contributed by atoms with E-state index in [2.05, 4.69) is 5.32 Å². The number of carboxylic acids is 1. The van der Waals surface area contributed by atoms with Crippen LogP contribution in [0.2, 0.25) is 5.02 Å². The van der Waals surface area contributed by atoms with Gasteiger partial charge in [-0.25, -0.2) is 4.79 Å². The monoisotopic (exact) mass is 303 g/mol. The highest BCUT2D eigenvalue weighted by atomic mass is 35.5. The summed E-state index contributed by atoms with van der Waals surface area (Å²) in [5, 5.41) is 12.2. The molecule has 2 rings (SSSR count). The van der Waals surface area contributed by atoms with Gasteiger partial charge in [0, 0.05) is 17.1 Å². The van der Waals surface area contributed by atoms with Gasteiger partial charge in [-0.2, -0.15) is 0 Å². The van der Waals surface area contributed by atoms with E-state index in [9.17, 15) is 9.59 Å². The van der Waals surface area contributed by atoms with Crippen LogP contribution in [0.15, 0.2) is 42.5 Å². The second kappa shape index (κ2) is 6.41. The third-order valence-electron chi connectivity index (χ3n) is 3.17. The van der Waals surface area contributed by atoms with Crippen LogP contribution in [-0.4, -0.2) is 17.0 Å². The highest BCUT2D eigenvalue weighted by Crippen LogP contribution is 2.18. The maximum absolute atomic E-state index is 12.1. The summed E-state index contributed by atoms with van der Waals surface area (Å²) in [5.74, 6) is -1.18. The minimum atomic E-state index is -0.972. The average molecular weight is 304 g/mol. The SMILES string of the molecule is Cc1c(Cl)cccc1C(=O)NCc1ccc(C(=O)O)cc1. The maximum atomic E-state index is 12.1. The van der Waals surface area contributed by atoms with Gasteiger partial charge in [-0.1, -0.05) is 29.8 Å². The van der Waals surface area contributed by atoms with Crippen molar-refractivity contribution in [2.24, 2.45) is 0 Å². The number of aromatic carboxylic acids is 1. The zero-order valence-electron chi connectivity index (χ0n) is 11.4. The Morgan fingerprint density at radius 2 is 1.81 bits per heavy atom. The van der Waals surface area contributed by atoms with E-state index in [4.69, 9.17) is 16.7 Å². The molecule has 0 radical (unpaired) electrons. The van der Waals surface area contributed by atoms with Crippen molar-refractivity contribution in [1.29, 1.82) is 0 Å². The van der Waals surface area contributed by atoms with Crippen molar-refractivity contribution in [2.45, 2.75) is 13.5 Å². The summed E-state index contributed by atoms with van der Waals surface area (Å²) in [5.41, 5.74) is 2.31. The number of nitrogens with one attached hydrogen (secondary N) is 1. The summed E-state index contributed by atoms with van der Waals surface area (Å²) in [6, 6.07) is 11.5. The molecule has 108 valence electrons. The summed E-state index contributed by atoms with van der Waals surface area (Å²) in [7, 11) is 0. The molecule has 0 bridgehead atoms. The summed E-state index contributed by atoms with van der Waals surface area (Å²) < 4.78 is 0. The largest absolute Gasteiger partial charge is 0.478 e. The summed E-state index contributed by atoms with van der Waals surface area (Å²) in [4.78, 5) is 22.9.